The first-order chi connectivity index (χ1) is 19.1. The van der Waals surface area contributed by atoms with E-state index in [0.29, 0.717) is 12.0 Å². The molecule has 1 heterocycles. The van der Waals surface area contributed by atoms with Crippen LogP contribution in [0, 0.1) is 5.92 Å². The molecule has 2 rings (SSSR count). The minimum absolute atomic E-state index is 0.105. The molecule has 0 spiro atoms. The number of benzene rings is 1. The molecule has 3 amide bonds. The first kappa shape index (κ1) is 31.5. The molecule has 214 valence electrons. The van der Waals surface area contributed by atoms with E-state index in [2.05, 4.69) is 20.7 Å². The SMILES string of the molecule is CCC(C)C(NC(=O)Cn1cccc(NC(=O)[C@H](CC/C=C/C(=O)OC)NC(=O)c2ccccc2)c1=O)C(=O)O. The molecule has 12 nitrogen and oxygen atoms in total. The Labute approximate surface area is 231 Å². The summed E-state index contributed by atoms with van der Waals surface area (Å²) in [6.07, 6.45) is 4.90. The molecule has 1 aromatic heterocycles. The number of rotatable bonds is 14. The van der Waals surface area contributed by atoms with E-state index in [-0.39, 0.29) is 24.4 Å². The van der Waals surface area contributed by atoms with Crippen LogP contribution in [0.1, 0.15) is 43.5 Å². The summed E-state index contributed by atoms with van der Waals surface area (Å²) in [5.41, 5.74) is -0.503. The number of nitrogens with zero attached hydrogens (tertiary/aromatic N) is 1. The average Bonchev–Trinajstić information content (AvgIpc) is 2.94. The van der Waals surface area contributed by atoms with Crippen molar-refractivity contribution >= 4 is 35.3 Å². The summed E-state index contributed by atoms with van der Waals surface area (Å²) < 4.78 is 5.58. The number of ether oxygens (including phenoxy) is 1. The molecule has 0 aliphatic rings. The Morgan fingerprint density at radius 1 is 1.05 bits per heavy atom. The molecule has 0 aliphatic carbocycles. The van der Waals surface area contributed by atoms with E-state index in [1.807, 2.05) is 0 Å². The van der Waals surface area contributed by atoms with Crippen molar-refractivity contribution in [1.82, 2.24) is 15.2 Å². The third-order valence-corrected chi connectivity index (χ3v) is 6.12. The van der Waals surface area contributed by atoms with E-state index in [1.54, 1.807) is 44.2 Å². The summed E-state index contributed by atoms with van der Waals surface area (Å²) in [6.45, 7) is 3.03. The van der Waals surface area contributed by atoms with Gasteiger partial charge >= 0.3 is 11.9 Å². The first-order valence-electron chi connectivity index (χ1n) is 12.7. The smallest absolute Gasteiger partial charge is 0.330 e. The van der Waals surface area contributed by atoms with Gasteiger partial charge in [-0.3, -0.25) is 19.2 Å². The Morgan fingerprint density at radius 3 is 2.38 bits per heavy atom. The standard InChI is InChI=1S/C28H34N4O8/c1-4-18(2)24(28(38)39)31-22(33)17-32-16-10-14-21(27(32)37)30-26(36)20(13-8-9-15-23(34)40-3)29-25(35)19-11-6-5-7-12-19/h5-7,9-12,14-16,18,20,24H,4,8,13,17H2,1-3H3,(H,29,35)(H,30,36)(H,31,33)(H,38,39)/b15-9+/t18?,20-,24?/m0/s1. The lowest BCUT2D eigenvalue weighted by molar-refractivity contribution is -0.143. The van der Waals surface area contributed by atoms with Crippen LogP contribution >= 0.6 is 0 Å². The van der Waals surface area contributed by atoms with Gasteiger partial charge in [0.2, 0.25) is 11.8 Å². The van der Waals surface area contributed by atoms with Crippen molar-refractivity contribution in [3.8, 4) is 0 Å². The lowest BCUT2D eigenvalue weighted by atomic mass is 9.99. The molecule has 12 heteroatoms. The van der Waals surface area contributed by atoms with Crippen LogP contribution in [0.4, 0.5) is 5.69 Å². The maximum atomic E-state index is 13.1. The number of methoxy groups -OCH3 is 1. The third kappa shape index (κ3) is 9.53. The van der Waals surface area contributed by atoms with Gasteiger partial charge in [0.05, 0.1) is 7.11 Å². The number of esters is 1. The lowest BCUT2D eigenvalue weighted by Crippen LogP contribution is -2.47. The normalized spacial score (nSPS) is 13.1. The van der Waals surface area contributed by atoms with Crippen molar-refractivity contribution in [2.45, 2.75) is 51.7 Å². The van der Waals surface area contributed by atoms with Crippen LogP contribution in [0.15, 0.2) is 65.6 Å². The predicted molar refractivity (Wildman–Crippen MR) is 146 cm³/mol. The van der Waals surface area contributed by atoms with E-state index < -0.39 is 53.8 Å². The summed E-state index contributed by atoms with van der Waals surface area (Å²) in [5, 5.41) is 17.0. The zero-order valence-electron chi connectivity index (χ0n) is 22.6. The number of aromatic nitrogens is 1. The van der Waals surface area contributed by atoms with Crippen LogP contribution in [0.2, 0.25) is 0 Å². The Kier molecular flexibility index (Phi) is 12.3. The van der Waals surface area contributed by atoms with Crippen LogP contribution in [0.5, 0.6) is 0 Å². The van der Waals surface area contributed by atoms with Crippen molar-refractivity contribution in [2.24, 2.45) is 5.92 Å². The Balaban J connectivity index is 2.18. The highest BCUT2D eigenvalue weighted by molar-refractivity contribution is 6.01. The van der Waals surface area contributed by atoms with E-state index in [9.17, 15) is 33.9 Å². The molecule has 4 N–H and O–H groups in total. The van der Waals surface area contributed by atoms with Crippen LogP contribution in [-0.2, 0) is 30.5 Å². The van der Waals surface area contributed by atoms with Crippen LogP contribution in [0.3, 0.4) is 0 Å². The zero-order chi connectivity index (χ0) is 29.7. The number of allylic oxidation sites excluding steroid dienone is 1. The lowest BCUT2D eigenvalue weighted by Gasteiger charge is -2.20. The molecular weight excluding hydrogens is 520 g/mol. The quantitative estimate of drug-likeness (QED) is 0.202. The minimum atomic E-state index is -1.18. The van der Waals surface area contributed by atoms with Crippen molar-refractivity contribution in [3.05, 3.63) is 76.7 Å². The maximum Gasteiger partial charge on any atom is 0.330 e. The summed E-state index contributed by atoms with van der Waals surface area (Å²) in [7, 11) is 1.23. The molecule has 0 fully saturated rings. The van der Waals surface area contributed by atoms with Crippen LogP contribution in [-0.4, -0.2) is 58.5 Å². The number of carboxylic acids is 1. The zero-order valence-corrected chi connectivity index (χ0v) is 22.6. The number of carboxylic acid groups (broad SMARTS) is 1. The fourth-order valence-electron chi connectivity index (χ4n) is 3.64. The molecule has 0 radical (unpaired) electrons. The number of carbonyl (C=O) groups is 5. The van der Waals surface area contributed by atoms with Crippen molar-refractivity contribution in [1.29, 1.82) is 0 Å². The highest BCUT2D eigenvalue weighted by atomic mass is 16.5. The topological polar surface area (TPSA) is 173 Å². The van der Waals surface area contributed by atoms with Gasteiger partial charge in [-0.2, -0.15) is 0 Å². The monoisotopic (exact) mass is 554 g/mol. The fourth-order valence-corrected chi connectivity index (χ4v) is 3.64. The highest BCUT2D eigenvalue weighted by Crippen LogP contribution is 2.09. The van der Waals surface area contributed by atoms with Crippen molar-refractivity contribution < 1.29 is 33.8 Å². The second-order valence-corrected chi connectivity index (χ2v) is 9.01. The number of aliphatic carboxylic acids is 1. The average molecular weight is 555 g/mol. The van der Waals surface area contributed by atoms with Gasteiger partial charge in [0.25, 0.3) is 11.5 Å². The number of pyridine rings is 1. The second-order valence-electron chi connectivity index (χ2n) is 9.01. The summed E-state index contributed by atoms with van der Waals surface area (Å²) in [4.78, 5) is 74.2. The Hall–Kier alpha value is -4.74. The summed E-state index contributed by atoms with van der Waals surface area (Å²) in [6, 6.07) is 8.87. The molecule has 2 aromatic rings. The van der Waals surface area contributed by atoms with Gasteiger partial charge in [-0.15, -0.1) is 0 Å². The largest absolute Gasteiger partial charge is 0.480 e. The van der Waals surface area contributed by atoms with E-state index in [1.165, 1.54) is 37.6 Å². The molecule has 40 heavy (non-hydrogen) atoms. The van der Waals surface area contributed by atoms with E-state index in [0.717, 1.165) is 4.57 Å². The van der Waals surface area contributed by atoms with Gasteiger partial charge < -0.3 is 30.4 Å². The van der Waals surface area contributed by atoms with E-state index >= 15 is 0 Å². The molecule has 0 saturated heterocycles. The van der Waals surface area contributed by atoms with Crippen LogP contribution < -0.4 is 21.5 Å². The molecule has 1 aromatic carbocycles. The molecule has 0 aliphatic heterocycles. The molecule has 2 unspecified atom stereocenters. The Morgan fingerprint density at radius 2 is 1.75 bits per heavy atom. The van der Waals surface area contributed by atoms with Gasteiger partial charge in [0.15, 0.2) is 0 Å². The number of carbonyl (C=O) groups excluding carboxylic acids is 4. The summed E-state index contributed by atoms with van der Waals surface area (Å²) >= 11 is 0. The fraction of sp³-hybridized carbons (Fsp3) is 0.357. The predicted octanol–water partition coefficient (Wildman–Crippen LogP) is 1.71. The number of nitrogens with one attached hydrogen (secondary N) is 3. The third-order valence-electron chi connectivity index (χ3n) is 6.12. The van der Waals surface area contributed by atoms with Crippen molar-refractivity contribution in [3.63, 3.8) is 0 Å². The van der Waals surface area contributed by atoms with Gasteiger partial charge in [0, 0.05) is 17.8 Å². The first-order valence-corrected chi connectivity index (χ1v) is 12.7. The summed E-state index contributed by atoms with van der Waals surface area (Å²) in [5.74, 6) is -3.94. The van der Waals surface area contributed by atoms with Gasteiger partial charge in [-0.25, -0.2) is 9.59 Å². The number of hydrogen-bond donors (Lipinski definition) is 4. The minimum Gasteiger partial charge on any atom is -0.480 e. The Bertz CT molecular complexity index is 1290. The van der Waals surface area contributed by atoms with Gasteiger partial charge in [-0.1, -0.05) is 44.5 Å². The number of anilines is 1. The van der Waals surface area contributed by atoms with Gasteiger partial charge in [0.1, 0.15) is 24.3 Å². The number of hydrogen-bond acceptors (Lipinski definition) is 7. The van der Waals surface area contributed by atoms with E-state index in [4.69, 9.17) is 0 Å². The molecule has 3 atom stereocenters. The molecular formula is C28H34N4O8. The van der Waals surface area contributed by atoms with Gasteiger partial charge in [-0.05, 0) is 43.0 Å². The van der Waals surface area contributed by atoms with Crippen LogP contribution in [0.25, 0.3) is 0 Å². The van der Waals surface area contributed by atoms with Crippen molar-refractivity contribution in [2.75, 3.05) is 12.4 Å². The molecule has 0 saturated carbocycles. The number of amides is 3. The maximum absolute atomic E-state index is 13.1. The highest BCUT2D eigenvalue weighted by Gasteiger charge is 2.26. The molecule has 0 bridgehead atoms. The second kappa shape index (κ2) is 15.6.